The molecule has 1 saturated heterocycles. The van der Waals surface area contributed by atoms with Crippen molar-refractivity contribution < 1.29 is 8.42 Å². The molecule has 0 aliphatic carbocycles. The highest BCUT2D eigenvalue weighted by Gasteiger charge is 2.33. The Morgan fingerprint density at radius 1 is 1.60 bits per heavy atom. The largest absolute Gasteiger partial charge is 0.313 e. The molecule has 6 heteroatoms. The second-order valence-electron chi connectivity index (χ2n) is 3.45. The van der Waals surface area contributed by atoms with Crippen molar-refractivity contribution in [2.45, 2.75) is 17.2 Å². The normalized spacial score (nSPS) is 18.0. The van der Waals surface area contributed by atoms with Crippen molar-refractivity contribution in [1.82, 2.24) is 9.62 Å². The number of hydrogen-bond acceptors (Lipinski definition) is 4. The quantitative estimate of drug-likeness (QED) is 0.852. The fourth-order valence-corrected chi connectivity index (χ4v) is 4.38. The molecule has 2 rings (SSSR count). The predicted molar refractivity (Wildman–Crippen MR) is 60.5 cm³/mol. The van der Waals surface area contributed by atoms with Crippen LogP contribution >= 0.6 is 11.3 Å². The Kier molecular flexibility index (Phi) is 3.11. The van der Waals surface area contributed by atoms with Gasteiger partial charge in [-0.2, -0.15) is 4.31 Å². The smallest absolute Gasteiger partial charge is 0.252 e. The minimum Gasteiger partial charge on any atom is -0.313 e. The molecular weight excluding hydrogens is 232 g/mol. The maximum Gasteiger partial charge on any atom is 0.252 e. The molecule has 1 aliphatic heterocycles. The fraction of sp³-hybridized carbons (Fsp3) is 0.556. The summed E-state index contributed by atoms with van der Waals surface area (Å²) in [6, 6.07) is 3.56. The minimum absolute atomic E-state index is 0.127. The van der Waals surface area contributed by atoms with Crippen molar-refractivity contribution in [3.8, 4) is 0 Å². The molecule has 84 valence electrons. The van der Waals surface area contributed by atoms with Crippen molar-refractivity contribution in [3.63, 3.8) is 0 Å². The summed E-state index contributed by atoms with van der Waals surface area (Å²) in [5, 5.41) is 4.88. The average Bonchev–Trinajstić information content (AvgIpc) is 2.63. The molecular formula is C9H14N2O2S2. The summed E-state index contributed by atoms with van der Waals surface area (Å²) in [7, 11) is -3.26. The van der Waals surface area contributed by atoms with Gasteiger partial charge in [0.1, 0.15) is 4.21 Å². The Morgan fingerprint density at radius 2 is 2.33 bits per heavy atom. The Morgan fingerprint density at radius 3 is 2.73 bits per heavy atom. The Labute approximate surface area is 94.0 Å². The SMILES string of the molecule is CCN(C1CNC1)S(=O)(=O)c1cccs1. The van der Waals surface area contributed by atoms with Crippen LogP contribution in [0.3, 0.4) is 0 Å². The van der Waals surface area contributed by atoms with E-state index in [0.717, 1.165) is 13.1 Å². The molecule has 1 aromatic rings. The molecule has 0 aromatic carbocycles. The van der Waals surface area contributed by atoms with Gasteiger partial charge in [-0.15, -0.1) is 11.3 Å². The van der Waals surface area contributed by atoms with Crippen LogP contribution in [0.2, 0.25) is 0 Å². The van der Waals surface area contributed by atoms with Crippen LogP contribution in [-0.4, -0.2) is 38.4 Å². The van der Waals surface area contributed by atoms with Gasteiger partial charge in [0.2, 0.25) is 0 Å². The third-order valence-corrected chi connectivity index (χ3v) is 5.94. The zero-order valence-corrected chi connectivity index (χ0v) is 10.1. The lowest BCUT2D eigenvalue weighted by atomic mass is 10.2. The second kappa shape index (κ2) is 4.21. The van der Waals surface area contributed by atoms with Crippen LogP contribution in [0.5, 0.6) is 0 Å². The topological polar surface area (TPSA) is 49.4 Å². The molecule has 1 aromatic heterocycles. The van der Waals surface area contributed by atoms with Crippen LogP contribution in [0.1, 0.15) is 6.92 Å². The van der Waals surface area contributed by atoms with E-state index in [1.165, 1.54) is 11.3 Å². The molecule has 0 saturated carbocycles. The van der Waals surface area contributed by atoms with Gasteiger partial charge in [0.05, 0.1) is 6.04 Å². The Balaban J connectivity index is 2.27. The lowest BCUT2D eigenvalue weighted by molar-refractivity contribution is 0.250. The highest BCUT2D eigenvalue weighted by atomic mass is 32.2. The molecule has 4 nitrogen and oxygen atoms in total. The van der Waals surface area contributed by atoms with Gasteiger partial charge in [0.15, 0.2) is 0 Å². The van der Waals surface area contributed by atoms with E-state index in [2.05, 4.69) is 5.32 Å². The molecule has 0 spiro atoms. The summed E-state index contributed by atoms with van der Waals surface area (Å²) in [5.74, 6) is 0. The zero-order valence-electron chi connectivity index (χ0n) is 8.51. The summed E-state index contributed by atoms with van der Waals surface area (Å²) in [5.41, 5.74) is 0. The molecule has 0 radical (unpaired) electrons. The third-order valence-electron chi connectivity index (χ3n) is 2.54. The van der Waals surface area contributed by atoms with Gasteiger partial charge >= 0.3 is 0 Å². The van der Waals surface area contributed by atoms with Crippen molar-refractivity contribution in [2.75, 3.05) is 19.6 Å². The number of hydrogen-bond donors (Lipinski definition) is 1. The summed E-state index contributed by atoms with van der Waals surface area (Å²) < 4.78 is 26.4. The van der Waals surface area contributed by atoms with E-state index >= 15 is 0 Å². The van der Waals surface area contributed by atoms with E-state index in [4.69, 9.17) is 0 Å². The third kappa shape index (κ3) is 1.94. The van der Waals surface area contributed by atoms with Crippen LogP contribution in [-0.2, 0) is 10.0 Å². The van der Waals surface area contributed by atoms with Gasteiger partial charge in [0, 0.05) is 19.6 Å². The first-order valence-electron chi connectivity index (χ1n) is 4.92. The zero-order chi connectivity index (χ0) is 10.9. The second-order valence-corrected chi connectivity index (χ2v) is 6.52. The lowest BCUT2D eigenvalue weighted by Gasteiger charge is -2.36. The molecule has 15 heavy (non-hydrogen) atoms. The first kappa shape index (κ1) is 11.1. The van der Waals surface area contributed by atoms with Gasteiger partial charge in [-0.25, -0.2) is 8.42 Å². The van der Waals surface area contributed by atoms with Crippen molar-refractivity contribution in [3.05, 3.63) is 17.5 Å². The number of thiophene rings is 1. The van der Waals surface area contributed by atoms with Gasteiger partial charge < -0.3 is 5.32 Å². The first-order chi connectivity index (χ1) is 7.16. The summed E-state index contributed by atoms with van der Waals surface area (Å²) in [4.78, 5) is 0. The van der Waals surface area contributed by atoms with E-state index in [-0.39, 0.29) is 6.04 Å². The molecule has 1 aliphatic rings. The highest BCUT2D eigenvalue weighted by molar-refractivity contribution is 7.91. The Bertz CT molecular complexity index is 409. The molecule has 0 atom stereocenters. The van der Waals surface area contributed by atoms with Gasteiger partial charge in [-0.1, -0.05) is 13.0 Å². The molecule has 0 bridgehead atoms. The van der Waals surface area contributed by atoms with E-state index in [0.29, 0.717) is 10.8 Å². The lowest BCUT2D eigenvalue weighted by Crippen LogP contribution is -2.58. The van der Waals surface area contributed by atoms with E-state index in [1.54, 1.807) is 21.8 Å². The average molecular weight is 246 g/mol. The molecule has 0 amide bonds. The standard InChI is InChI=1S/C9H14N2O2S2/c1-2-11(8-6-10-7-8)15(12,13)9-4-3-5-14-9/h3-5,8,10H,2,6-7H2,1H3. The summed E-state index contributed by atoms with van der Waals surface area (Å²) >= 11 is 1.28. The number of nitrogens with one attached hydrogen (secondary N) is 1. The van der Waals surface area contributed by atoms with Crippen LogP contribution < -0.4 is 5.32 Å². The number of sulfonamides is 1. The van der Waals surface area contributed by atoms with Crippen LogP contribution in [0.15, 0.2) is 21.7 Å². The van der Waals surface area contributed by atoms with Gasteiger partial charge in [-0.05, 0) is 11.4 Å². The number of likely N-dealkylation sites (N-methyl/N-ethyl adjacent to an activating group) is 1. The summed E-state index contributed by atoms with van der Waals surface area (Å²) in [6.07, 6.45) is 0. The van der Waals surface area contributed by atoms with Gasteiger partial charge in [0.25, 0.3) is 10.0 Å². The molecule has 1 N–H and O–H groups in total. The maximum absolute atomic E-state index is 12.2. The monoisotopic (exact) mass is 246 g/mol. The van der Waals surface area contributed by atoms with Gasteiger partial charge in [-0.3, -0.25) is 0 Å². The van der Waals surface area contributed by atoms with E-state index in [1.807, 2.05) is 6.92 Å². The van der Waals surface area contributed by atoms with Crippen LogP contribution in [0.4, 0.5) is 0 Å². The van der Waals surface area contributed by atoms with Crippen molar-refractivity contribution in [2.24, 2.45) is 0 Å². The molecule has 2 heterocycles. The highest BCUT2D eigenvalue weighted by Crippen LogP contribution is 2.23. The van der Waals surface area contributed by atoms with E-state index < -0.39 is 10.0 Å². The molecule has 0 unspecified atom stereocenters. The number of nitrogens with zero attached hydrogens (tertiary/aromatic N) is 1. The van der Waals surface area contributed by atoms with Crippen molar-refractivity contribution in [1.29, 1.82) is 0 Å². The predicted octanol–water partition coefficient (Wildman–Crippen LogP) is 0.730. The van der Waals surface area contributed by atoms with Crippen LogP contribution in [0, 0.1) is 0 Å². The van der Waals surface area contributed by atoms with Crippen molar-refractivity contribution >= 4 is 21.4 Å². The Hall–Kier alpha value is -0.430. The summed E-state index contributed by atoms with van der Waals surface area (Å²) in [6.45, 7) is 3.94. The fourth-order valence-electron chi connectivity index (χ4n) is 1.63. The van der Waals surface area contributed by atoms with Crippen LogP contribution in [0.25, 0.3) is 0 Å². The first-order valence-corrected chi connectivity index (χ1v) is 7.24. The maximum atomic E-state index is 12.2. The number of rotatable bonds is 4. The molecule has 1 fully saturated rings. The van der Waals surface area contributed by atoms with E-state index in [9.17, 15) is 8.42 Å². The minimum atomic E-state index is -3.26.